The van der Waals surface area contributed by atoms with Crippen LogP contribution in [0.1, 0.15) is 25.7 Å². The van der Waals surface area contributed by atoms with Crippen molar-refractivity contribution in [3.8, 4) is 44.9 Å². The predicted molar refractivity (Wildman–Crippen MR) is 200 cm³/mol. The second-order valence-corrected chi connectivity index (χ2v) is 14.1. The fourth-order valence-corrected chi connectivity index (χ4v) is 8.16. The molecule has 4 amide bonds. The van der Waals surface area contributed by atoms with Crippen LogP contribution in [-0.2, 0) is 19.2 Å². The van der Waals surface area contributed by atoms with E-state index in [0.29, 0.717) is 71.9 Å². The molecule has 2 saturated heterocycles. The molecule has 8 rings (SSSR count). The van der Waals surface area contributed by atoms with Crippen molar-refractivity contribution in [1.29, 1.82) is 0 Å². The molecule has 2 fully saturated rings. The Morgan fingerprint density at radius 2 is 0.942 bits per heavy atom. The van der Waals surface area contributed by atoms with Gasteiger partial charge in [0.15, 0.2) is 13.2 Å². The molecule has 52 heavy (non-hydrogen) atoms. The van der Waals surface area contributed by atoms with E-state index in [1.807, 2.05) is 72.8 Å². The number of hydrogen-bond donors (Lipinski definition) is 0. The quantitative estimate of drug-likeness (QED) is 0.190. The average molecular weight is 740 g/mol. The van der Waals surface area contributed by atoms with Gasteiger partial charge in [-0.25, -0.2) is 0 Å². The van der Waals surface area contributed by atoms with E-state index in [4.69, 9.17) is 32.7 Å². The van der Waals surface area contributed by atoms with Gasteiger partial charge in [-0.2, -0.15) is 0 Å². The van der Waals surface area contributed by atoms with Crippen LogP contribution in [0.5, 0.6) is 11.5 Å². The third kappa shape index (κ3) is 6.34. The van der Waals surface area contributed by atoms with Crippen molar-refractivity contribution in [2.45, 2.75) is 25.7 Å². The highest BCUT2D eigenvalue weighted by Gasteiger charge is 2.30. The van der Waals surface area contributed by atoms with E-state index in [2.05, 4.69) is 0 Å². The maximum atomic E-state index is 12.8. The number of carbonyl (C=O) groups excluding carboxylic acids is 4. The Morgan fingerprint density at radius 1 is 0.519 bits per heavy atom. The van der Waals surface area contributed by atoms with Gasteiger partial charge in [-0.15, -0.1) is 0 Å². The number of ether oxygens (including phenoxy) is 2. The normalized spacial score (nSPS) is 17.0. The zero-order chi connectivity index (χ0) is 35.9. The Bertz CT molecular complexity index is 1970. The fraction of sp³-hybridized carbons (Fsp3) is 0.300. The van der Waals surface area contributed by atoms with Crippen LogP contribution in [0.25, 0.3) is 33.4 Å². The van der Waals surface area contributed by atoms with Gasteiger partial charge in [0.2, 0.25) is 11.8 Å². The molecule has 10 nitrogen and oxygen atoms in total. The summed E-state index contributed by atoms with van der Waals surface area (Å²) in [6.07, 6.45) is 2.81. The number of benzene rings is 4. The topological polar surface area (TPSA) is 99.7 Å². The molecule has 0 unspecified atom stereocenters. The first-order valence-corrected chi connectivity index (χ1v) is 18.3. The smallest absolute Gasteiger partial charge is 0.265 e. The molecule has 0 bridgehead atoms. The molecule has 0 N–H and O–H groups in total. The number of anilines is 2. The van der Waals surface area contributed by atoms with Gasteiger partial charge in [-0.3, -0.25) is 19.2 Å². The Hall–Kier alpha value is -5.06. The fourth-order valence-electron chi connectivity index (χ4n) is 7.48. The Morgan fingerprint density at radius 3 is 1.35 bits per heavy atom. The molecule has 266 valence electrons. The highest BCUT2D eigenvalue weighted by Crippen LogP contribution is 2.45. The van der Waals surface area contributed by atoms with E-state index in [0.717, 1.165) is 59.3 Å². The largest absolute Gasteiger partial charge is 0.482 e. The van der Waals surface area contributed by atoms with Gasteiger partial charge >= 0.3 is 0 Å². The van der Waals surface area contributed by atoms with E-state index < -0.39 is 0 Å². The zero-order valence-electron chi connectivity index (χ0n) is 28.4. The SMILES string of the molecule is O=C1CCCN1CCN1C(=O)COc2cc(-c3cccc(-c4cccc(-c5ccc6c(c5)OCC(=O)N6CCN5CCCC5=O)c4Cl)c3Cl)ccc21. The Kier molecular flexibility index (Phi) is 9.27. The first-order valence-electron chi connectivity index (χ1n) is 17.5. The summed E-state index contributed by atoms with van der Waals surface area (Å²) in [6, 6.07) is 22.9. The Labute approximate surface area is 311 Å². The van der Waals surface area contributed by atoms with Gasteiger partial charge in [0, 0.05) is 74.4 Å². The van der Waals surface area contributed by atoms with Gasteiger partial charge < -0.3 is 29.1 Å². The van der Waals surface area contributed by atoms with Gasteiger partial charge in [0.1, 0.15) is 11.5 Å². The molecule has 0 spiro atoms. The average Bonchev–Trinajstić information content (AvgIpc) is 3.77. The van der Waals surface area contributed by atoms with Crippen LogP contribution in [0.15, 0.2) is 72.8 Å². The van der Waals surface area contributed by atoms with Crippen molar-refractivity contribution < 1.29 is 28.7 Å². The summed E-state index contributed by atoms with van der Waals surface area (Å²) in [5.74, 6) is 1.11. The minimum atomic E-state index is -0.145. The van der Waals surface area contributed by atoms with E-state index in [9.17, 15) is 19.2 Å². The summed E-state index contributed by atoms with van der Waals surface area (Å²) in [5.41, 5.74) is 6.03. The molecular formula is C40H36Cl2N4O6. The minimum Gasteiger partial charge on any atom is -0.482 e. The lowest BCUT2D eigenvalue weighted by Gasteiger charge is -2.31. The van der Waals surface area contributed by atoms with Crippen LogP contribution in [0, 0.1) is 0 Å². The van der Waals surface area contributed by atoms with Crippen molar-refractivity contribution in [3.63, 3.8) is 0 Å². The van der Waals surface area contributed by atoms with Crippen LogP contribution >= 0.6 is 23.2 Å². The number of likely N-dealkylation sites (tertiary alicyclic amines) is 2. The monoisotopic (exact) mass is 738 g/mol. The van der Waals surface area contributed by atoms with Gasteiger partial charge in [0.05, 0.1) is 21.4 Å². The summed E-state index contributed by atoms with van der Waals surface area (Å²) in [4.78, 5) is 56.9. The third-order valence-electron chi connectivity index (χ3n) is 10.2. The molecule has 0 aromatic heterocycles. The van der Waals surface area contributed by atoms with Crippen molar-refractivity contribution in [2.24, 2.45) is 0 Å². The summed E-state index contributed by atoms with van der Waals surface area (Å²) in [6.45, 7) is 3.05. The van der Waals surface area contributed by atoms with Crippen LogP contribution in [0.2, 0.25) is 10.0 Å². The van der Waals surface area contributed by atoms with Crippen molar-refractivity contribution >= 4 is 58.2 Å². The number of fused-ring (bicyclic) bond motifs is 2. The molecule has 0 radical (unpaired) electrons. The molecule has 4 aliphatic rings. The predicted octanol–water partition coefficient (Wildman–Crippen LogP) is 6.69. The molecule has 0 aliphatic carbocycles. The number of amides is 4. The van der Waals surface area contributed by atoms with Crippen LogP contribution in [0.3, 0.4) is 0 Å². The summed E-state index contributed by atoms with van der Waals surface area (Å²) < 4.78 is 11.7. The standard InChI is InChI=1S/C40H36Cl2N4O6/c41-39-27(25-11-13-31-33(21-25)51-23-37(49)45(31)19-17-43-15-3-9-35(43)47)5-1-7-29(39)30-8-2-6-28(40(30)42)26-12-14-32-34(22-26)52-24-38(50)46(32)20-18-44-16-4-10-36(44)48/h1-2,5-8,11-14,21-22H,3-4,9-10,15-20,23-24H2. The zero-order valence-corrected chi connectivity index (χ0v) is 29.9. The maximum absolute atomic E-state index is 12.8. The molecule has 4 aromatic carbocycles. The van der Waals surface area contributed by atoms with Crippen molar-refractivity contribution in [1.82, 2.24) is 9.80 Å². The Balaban J connectivity index is 1.05. The molecule has 4 aliphatic heterocycles. The minimum absolute atomic E-state index is 0.0811. The van der Waals surface area contributed by atoms with Crippen LogP contribution in [-0.4, -0.2) is 85.9 Å². The molecular weight excluding hydrogens is 703 g/mol. The highest BCUT2D eigenvalue weighted by molar-refractivity contribution is 6.39. The van der Waals surface area contributed by atoms with Crippen LogP contribution in [0.4, 0.5) is 11.4 Å². The second kappa shape index (κ2) is 14.2. The third-order valence-corrected chi connectivity index (χ3v) is 11.1. The molecule has 0 atom stereocenters. The first kappa shape index (κ1) is 34.0. The van der Waals surface area contributed by atoms with Gasteiger partial charge in [-0.05, 0) is 48.2 Å². The number of carbonyl (C=O) groups is 4. The van der Waals surface area contributed by atoms with Crippen molar-refractivity contribution in [2.75, 3.05) is 62.3 Å². The van der Waals surface area contributed by atoms with E-state index in [1.165, 1.54) is 0 Å². The molecule has 4 aromatic rings. The van der Waals surface area contributed by atoms with Crippen molar-refractivity contribution in [3.05, 3.63) is 82.8 Å². The summed E-state index contributed by atoms with van der Waals surface area (Å²) in [5, 5.41) is 1.02. The summed E-state index contributed by atoms with van der Waals surface area (Å²) >= 11 is 14.3. The lowest BCUT2D eigenvalue weighted by Crippen LogP contribution is -2.43. The van der Waals surface area contributed by atoms with E-state index >= 15 is 0 Å². The molecule has 12 heteroatoms. The van der Waals surface area contributed by atoms with Crippen LogP contribution < -0.4 is 19.3 Å². The van der Waals surface area contributed by atoms with E-state index in [-0.39, 0.29) is 36.8 Å². The lowest BCUT2D eigenvalue weighted by atomic mass is 9.95. The van der Waals surface area contributed by atoms with Gasteiger partial charge in [0.25, 0.3) is 11.8 Å². The second-order valence-electron chi connectivity index (χ2n) is 13.3. The number of rotatable bonds is 9. The maximum Gasteiger partial charge on any atom is 0.265 e. The lowest BCUT2D eigenvalue weighted by molar-refractivity contribution is -0.128. The molecule has 4 heterocycles. The first-order chi connectivity index (χ1) is 25.3. The molecule has 0 saturated carbocycles. The van der Waals surface area contributed by atoms with Gasteiger partial charge in [-0.1, -0.05) is 71.7 Å². The number of nitrogens with zero attached hydrogens (tertiary/aromatic N) is 4. The number of halogens is 2. The number of hydrogen-bond acceptors (Lipinski definition) is 6. The summed E-state index contributed by atoms with van der Waals surface area (Å²) in [7, 11) is 0. The van der Waals surface area contributed by atoms with E-state index in [1.54, 1.807) is 19.6 Å². The highest BCUT2D eigenvalue weighted by atomic mass is 35.5.